The summed E-state index contributed by atoms with van der Waals surface area (Å²) in [5.74, 6) is 0. The molecule has 0 bridgehead atoms. The molecule has 1 N–H and O–H groups in total. The Morgan fingerprint density at radius 3 is 2.60 bits per heavy atom. The Morgan fingerprint density at radius 1 is 1.53 bits per heavy atom. The number of hydrogen-bond donors (Lipinski definition) is 1. The van der Waals surface area contributed by atoms with Crippen LogP contribution in [-0.4, -0.2) is 55.1 Å². The summed E-state index contributed by atoms with van der Waals surface area (Å²) in [6.45, 7) is 0.115. The second-order valence-corrected chi connectivity index (χ2v) is 3.74. The highest BCUT2D eigenvalue weighted by atomic mass is 19.4. The lowest BCUT2D eigenvalue weighted by molar-refractivity contribution is -0.206. The summed E-state index contributed by atoms with van der Waals surface area (Å²) >= 11 is 0. The van der Waals surface area contributed by atoms with Gasteiger partial charge in [0.2, 0.25) is 0 Å². The first-order valence-corrected chi connectivity index (χ1v) is 4.96. The first-order valence-electron chi connectivity index (χ1n) is 4.96. The molecule has 1 heterocycles. The van der Waals surface area contributed by atoms with Gasteiger partial charge in [-0.25, -0.2) is 0 Å². The molecular formula is C9H16F3NO2. The van der Waals surface area contributed by atoms with Crippen molar-refractivity contribution >= 4 is 0 Å². The summed E-state index contributed by atoms with van der Waals surface area (Å²) in [4.78, 5) is 1.11. The summed E-state index contributed by atoms with van der Waals surface area (Å²) in [6, 6.07) is -1.60. The van der Waals surface area contributed by atoms with Crippen LogP contribution in [0.3, 0.4) is 0 Å². The molecule has 15 heavy (non-hydrogen) atoms. The van der Waals surface area contributed by atoms with Gasteiger partial charge in [-0.05, 0) is 19.9 Å². The SMILES string of the molecule is CN(CCO)C(C1CCCO1)C(F)(F)F. The van der Waals surface area contributed by atoms with Gasteiger partial charge in [0.05, 0.1) is 12.7 Å². The van der Waals surface area contributed by atoms with Crippen LogP contribution in [0, 0.1) is 0 Å². The number of hydrogen-bond acceptors (Lipinski definition) is 3. The van der Waals surface area contributed by atoms with Gasteiger partial charge in [-0.1, -0.05) is 0 Å². The van der Waals surface area contributed by atoms with E-state index in [1.165, 1.54) is 7.05 Å². The third kappa shape index (κ3) is 3.32. The summed E-state index contributed by atoms with van der Waals surface area (Å²) in [7, 11) is 1.36. The standard InChI is InChI=1S/C9H16F3NO2/c1-13(4-5-14)8(9(10,11)12)7-3-2-6-15-7/h7-8,14H,2-6H2,1H3. The van der Waals surface area contributed by atoms with E-state index in [0.717, 1.165) is 4.90 Å². The Balaban J connectivity index is 2.68. The highest BCUT2D eigenvalue weighted by Crippen LogP contribution is 2.31. The van der Waals surface area contributed by atoms with Crippen molar-refractivity contribution in [3.05, 3.63) is 0 Å². The third-order valence-corrected chi connectivity index (χ3v) is 2.58. The molecule has 1 aliphatic heterocycles. The van der Waals surface area contributed by atoms with Crippen LogP contribution >= 0.6 is 0 Å². The number of aliphatic hydroxyl groups is 1. The number of nitrogens with zero attached hydrogens (tertiary/aromatic N) is 1. The van der Waals surface area contributed by atoms with Crippen molar-refractivity contribution < 1.29 is 23.0 Å². The minimum Gasteiger partial charge on any atom is -0.395 e. The molecule has 1 saturated heterocycles. The van der Waals surface area contributed by atoms with Crippen molar-refractivity contribution in [1.82, 2.24) is 4.90 Å². The van der Waals surface area contributed by atoms with Crippen molar-refractivity contribution in [1.29, 1.82) is 0 Å². The Labute approximate surface area is 86.8 Å². The molecule has 2 unspecified atom stereocenters. The summed E-state index contributed by atoms with van der Waals surface area (Å²) in [5, 5.41) is 8.64. The molecule has 0 aromatic carbocycles. The van der Waals surface area contributed by atoms with E-state index in [9.17, 15) is 13.2 Å². The Hall–Kier alpha value is -0.330. The topological polar surface area (TPSA) is 32.7 Å². The maximum atomic E-state index is 12.7. The zero-order valence-corrected chi connectivity index (χ0v) is 8.63. The molecular weight excluding hydrogens is 211 g/mol. The zero-order chi connectivity index (χ0) is 11.5. The van der Waals surface area contributed by atoms with Crippen molar-refractivity contribution in [3.8, 4) is 0 Å². The van der Waals surface area contributed by atoms with Crippen LogP contribution in [0.15, 0.2) is 0 Å². The minimum absolute atomic E-state index is 0.00400. The Kier molecular flexibility index (Phi) is 4.36. The lowest BCUT2D eigenvalue weighted by atomic mass is 10.1. The molecule has 0 saturated carbocycles. The van der Waals surface area contributed by atoms with E-state index in [2.05, 4.69) is 0 Å². The van der Waals surface area contributed by atoms with Gasteiger partial charge in [-0.15, -0.1) is 0 Å². The summed E-state index contributed by atoms with van der Waals surface area (Å²) < 4.78 is 43.3. The molecule has 1 aliphatic rings. The molecule has 0 radical (unpaired) electrons. The largest absolute Gasteiger partial charge is 0.406 e. The number of likely N-dealkylation sites (N-methyl/N-ethyl adjacent to an activating group) is 1. The maximum Gasteiger partial charge on any atom is 0.406 e. The monoisotopic (exact) mass is 227 g/mol. The number of alkyl halides is 3. The lowest BCUT2D eigenvalue weighted by Gasteiger charge is -2.33. The van der Waals surface area contributed by atoms with Gasteiger partial charge < -0.3 is 9.84 Å². The van der Waals surface area contributed by atoms with Gasteiger partial charge in [-0.2, -0.15) is 13.2 Å². The van der Waals surface area contributed by atoms with Gasteiger partial charge in [0.25, 0.3) is 0 Å². The molecule has 0 aliphatic carbocycles. The maximum absolute atomic E-state index is 12.7. The van der Waals surface area contributed by atoms with Gasteiger partial charge in [0.1, 0.15) is 6.04 Å². The quantitative estimate of drug-likeness (QED) is 0.778. The van der Waals surface area contributed by atoms with Crippen LogP contribution < -0.4 is 0 Å². The second-order valence-electron chi connectivity index (χ2n) is 3.74. The van der Waals surface area contributed by atoms with Crippen molar-refractivity contribution in [3.63, 3.8) is 0 Å². The van der Waals surface area contributed by atoms with E-state index in [-0.39, 0.29) is 13.2 Å². The van der Waals surface area contributed by atoms with Gasteiger partial charge >= 0.3 is 6.18 Å². The van der Waals surface area contributed by atoms with Crippen molar-refractivity contribution in [2.45, 2.75) is 31.2 Å². The van der Waals surface area contributed by atoms with Crippen LogP contribution in [0.4, 0.5) is 13.2 Å². The molecule has 0 spiro atoms. The number of ether oxygens (including phenoxy) is 1. The average Bonchev–Trinajstić information content (AvgIpc) is 2.55. The fourth-order valence-electron chi connectivity index (χ4n) is 1.89. The highest BCUT2D eigenvalue weighted by molar-refractivity contribution is 4.87. The minimum atomic E-state index is -4.31. The first kappa shape index (κ1) is 12.7. The summed E-state index contributed by atoms with van der Waals surface area (Å²) in [6.07, 6.45) is -4.00. The lowest BCUT2D eigenvalue weighted by Crippen LogP contribution is -2.51. The third-order valence-electron chi connectivity index (χ3n) is 2.58. The van der Waals surface area contributed by atoms with Crippen molar-refractivity contribution in [2.75, 3.05) is 26.8 Å². The van der Waals surface area contributed by atoms with E-state index in [1.54, 1.807) is 0 Å². The second kappa shape index (κ2) is 5.14. The van der Waals surface area contributed by atoms with Crippen LogP contribution in [0.25, 0.3) is 0 Å². The predicted octanol–water partition coefficient (Wildman–Crippen LogP) is 1.02. The normalized spacial score (nSPS) is 24.8. The first-order chi connectivity index (χ1) is 6.96. The molecule has 90 valence electrons. The van der Waals surface area contributed by atoms with E-state index in [1.807, 2.05) is 0 Å². The molecule has 0 aromatic rings. The molecule has 0 amide bonds. The molecule has 3 nitrogen and oxygen atoms in total. The van der Waals surface area contributed by atoms with E-state index >= 15 is 0 Å². The smallest absolute Gasteiger partial charge is 0.395 e. The van der Waals surface area contributed by atoms with Gasteiger partial charge in [0, 0.05) is 13.2 Å². The molecule has 2 atom stereocenters. The fourth-order valence-corrected chi connectivity index (χ4v) is 1.89. The predicted molar refractivity (Wildman–Crippen MR) is 48.5 cm³/mol. The van der Waals surface area contributed by atoms with Gasteiger partial charge in [-0.3, -0.25) is 4.90 Å². The van der Waals surface area contributed by atoms with Crippen LogP contribution in [-0.2, 0) is 4.74 Å². The number of rotatable bonds is 4. The van der Waals surface area contributed by atoms with E-state index in [0.29, 0.717) is 19.4 Å². The van der Waals surface area contributed by atoms with Crippen LogP contribution in [0.5, 0.6) is 0 Å². The van der Waals surface area contributed by atoms with E-state index in [4.69, 9.17) is 9.84 Å². The highest BCUT2D eigenvalue weighted by Gasteiger charge is 2.48. The van der Waals surface area contributed by atoms with E-state index < -0.39 is 18.3 Å². The Bertz CT molecular complexity index is 192. The van der Waals surface area contributed by atoms with Crippen molar-refractivity contribution in [2.24, 2.45) is 0 Å². The Morgan fingerprint density at radius 2 is 2.20 bits per heavy atom. The number of aliphatic hydroxyl groups excluding tert-OH is 1. The fraction of sp³-hybridized carbons (Fsp3) is 1.00. The average molecular weight is 227 g/mol. The molecule has 1 rings (SSSR count). The molecule has 6 heteroatoms. The van der Waals surface area contributed by atoms with Crippen LogP contribution in [0.2, 0.25) is 0 Å². The van der Waals surface area contributed by atoms with Gasteiger partial charge in [0.15, 0.2) is 0 Å². The summed E-state index contributed by atoms with van der Waals surface area (Å²) in [5.41, 5.74) is 0. The van der Waals surface area contributed by atoms with Crippen LogP contribution in [0.1, 0.15) is 12.8 Å². The number of halogens is 3. The molecule has 0 aromatic heterocycles. The molecule has 1 fully saturated rings. The zero-order valence-electron chi connectivity index (χ0n) is 8.63.